The molecular weight excluding hydrogens is 206 g/mol. The number of likely N-dealkylation sites (tertiary alicyclic amines) is 1. The first-order chi connectivity index (χ1) is 7.70. The van der Waals surface area contributed by atoms with E-state index in [0.717, 1.165) is 12.5 Å². The van der Waals surface area contributed by atoms with E-state index >= 15 is 0 Å². The van der Waals surface area contributed by atoms with E-state index in [1.807, 2.05) is 0 Å². The lowest BCUT2D eigenvalue weighted by atomic mass is 9.86. The molecule has 1 N–H and O–H groups in total. The molecule has 3 atom stereocenters. The van der Waals surface area contributed by atoms with Crippen LogP contribution in [0.15, 0.2) is 0 Å². The van der Waals surface area contributed by atoms with Gasteiger partial charge in [-0.3, -0.25) is 9.69 Å². The number of aliphatic carboxylic acids is 1. The lowest BCUT2D eigenvalue weighted by Crippen LogP contribution is -2.46. The van der Waals surface area contributed by atoms with Crippen molar-refractivity contribution in [2.24, 2.45) is 11.3 Å². The lowest BCUT2D eigenvalue weighted by Gasteiger charge is -2.33. The van der Waals surface area contributed by atoms with Gasteiger partial charge < -0.3 is 9.84 Å². The van der Waals surface area contributed by atoms with E-state index in [0.29, 0.717) is 32.2 Å². The minimum atomic E-state index is -0.673. The molecule has 16 heavy (non-hydrogen) atoms. The van der Waals surface area contributed by atoms with Crippen molar-refractivity contribution >= 4 is 5.97 Å². The van der Waals surface area contributed by atoms with Crippen molar-refractivity contribution in [2.45, 2.75) is 31.7 Å². The molecule has 0 amide bonds. The van der Waals surface area contributed by atoms with Gasteiger partial charge in [-0.1, -0.05) is 0 Å². The Kier molecular flexibility index (Phi) is 2.44. The molecule has 0 radical (unpaired) electrons. The Morgan fingerprint density at radius 1 is 1.50 bits per heavy atom. The van der Waals surface area contributed by atoms with Crippen molar-refractivity contribution in [1.29, 1.82) is 0 Å². The second kappa shape index (κ2) is 3.70. The van der Waals surface area contributed by atoms with E-state index in [1.165, 1.54) is 19.3 Å². The van der Waals surface area contributed by atoms with Crippen molar-refractivity contribution in [3.63, 3.8) is 0 Å². The summed E-state index contributed by atoms with van der Waals surface area (Å²) in [5.74, 6) is 0.158. The summed E-state index contributed by atoms with van der Waals surface area (Å²) in [5.41, 5.74) is -0.621. The fraction of sp³-hybridized carbons (Fsp3) is 0.917. The normalized spacial score (nSPS) is 43.0. The molecule has 0 aromatic heterocycles. The number of fused-ring (bicyclic) bond motifs is 2. The maximum atomic E-state index is 11.4. The summed E-state index contributed by atoms with van der Waals surface area (Å²) in [7, 11) is 0. The van der Waals surface area contributed by atoms with Gasteiger partial charge in [0.25, 0.3) is 0 Å². The van der Waals surface area contributed by atoms with Crippen molar-refractivity contribution in [3.05, 3.63) is 0 Å². The molecule has 0 aromatic rings. The predicted octanol–water partition coefficient (Wildman–Crippen LogP) is 0.962. The van der Waals surface area contributed by atoms with Crippen LogP contribution in [0.25, 0.3) is 0 Å². The maximum absolute atomic E-state index is 11.4. The summed E-state index contributed by atoms with van der Waals surface area (Å²) in [6, 6.07) is 0.654. The lowest BCUT2D eigenvalue weighted by molar-refractivity contribution is -0.150. The molecule has 3 aliphatic rings. The van der Waals surface area contributed by atoms with E-state index < -0.39 is 11.4 Å². The largest absolute Gasteiger partial charge is 0.481 e. The number of carboxylic acid groups (broad SMARTS) is 1. The summed E-state index contributed by atoms with van der Waals surface area (Å²) in [6.07, 6.45) is 4.58. The van der Waals surface area contributed by atoms with Crippen LogP contribution in [0.5, 0.6) is 0 Å². The van der Waals surface area contributed by atoms with Crippen LogP contribution in [-0.2, 0) is 9.53 Å². The second-order valence-electron chi connectivity index (χ2n) is 5.65. The smallest absolute Gasteiger partial charge is 0.313 e. The maximum Gasteiger partial charge on any atom is 0.313 e. The van der Waals surface area contributed by atoms with Gasteiger partial charge in [0.15, 0.2) is 0 Å². The Balaban J connectivity index is 1.70. The van der Waals surface area contributed by atoms with Gasteiger partial charge in [-0.2, -0.15) is 0 Å². The Morgan fingerprint density at radius 3 is 2.88 bits per heavy atom. The van der Waals surface area contributed by atoms with Crippen molar-refractivity contribution in [1.82, 2.24) is 4.90 Å². The van der Waals surface area contributed by atoms with Crippen LogP contribution in [0.3, 0.4) is 0 Å². The summed E-state index contributed by atoms with van der Waals surface area (Å²) in [5, 5.41) is 9.39. The van der Waals surface area contributed by atoms with E-state index in [4.69, 9.17) is 4.74 Å². The van der Waals surface area contributed by atoms with Gasteiger partial charge in [0.1, 0.15) is 5.41 Å². The number of carbonyl (C=O) groups is 1. The molecule has 3 rings (SSSR count). The number of hydrogen-bond acceptors (Lipinski definition) is 3. The summed E-state index contributed by atoms with van der Waals surface area (Å²) in [4.78, 5) is 13.8. The van der Waals surface area contributed by atoms with Crippen LogP contribution in [-0.4, -0.2) is 48.3 Å². The van der Waals surface area contributed by atoms with Gasteiger partial charge in [0, 0.05) is 25.7 Å². The highest BCUT2D eigenvalue weighted by Gasteiger charge is 2.47. The molecule has 2 heterocycles. The molecule has 1 saturated carbocycles. The highest BCUT2D eigenvalue weighted by Crippen LogP contribution is 2.40. The summed E-state index contributed by atoms with van der Waals surface area (Å²) >= 11 is 0. The van der Waals surface area contributed by atoms with E-state index in [-0.39, 0.29) is 0 Å². The zero-order chi connectivity index (χ0) is 11.2. The Hall–Kier alpha value is -0.610. The monoisotopic (exact) mass is 225 g/mol. The van der Waals surface area contributed by atoms with Crippen LogP contribution in [0.1, 0.15) is 25.7 Å². The van der Waals surface area contributed by atoms with Crippen molar-refractivity contribution in [3.8, 4) is 0 Å². The highest BCUT2D eigenvalue weighted by atomic mass is 16.5. The number of hydrogen-bond donors (Lipinski definition) is 1. The summed E-state index contributed by atoms with van der Waals surface area (Å²) in [6.45, 7) is 2.81. The summed E-state index contributed by atoms with van der Waals surface area (Å²) < 4.78 is 5.30. The SMILES string of the molecule is O=C(O)C1(CN2CC3CCC2C3)CCOC1. The zero-order valence-corrected chi connectivity index (χ0v) is 9.52. The molecule has 3 unspecified atom stereocenters. The van der Waals surface area contributed by atoms with Crippen molar-refractivity contribution in [2.75, 3.05) is 26.3 Å². The molecule has 0 spiro atoms. The third kappa shape index (κ3) is 1.55. The van der Waals surface area contributed by atoms with E-state index in [1.54, 1.807) is 0 Å². The van der Waals surface area contributed by atoms with Crippen molar-refractivity contribution < 1.29 is 14.6 Å². The number of ether oxygens (including phenoxy) is 1. The van der Waals surface area contributed by atoms with Gasteiger partial charge in [-0.15, -0.1) is 0 Å². The van der Waals surface area contributed by atoms with E-state index in [9.17, 15) is 9.90 Å². The molecule has 4 heteroatoms. The molecule has 2 bridgehead atoms. The van der Waals surface area contributed by atoms with Crippen LogP contribution in [0, 0.1) is 11.3 Å². The first kappa shape index (κ1) is 10.5. The van der Waals surface area contributed by atoms with Crippen LogP contribution in [0.2, 0.25) is 0 Å². The molecule has 2 saturated heterocycles. The third-order valence-electron chi connectivity index (χ3n) is 4.59. The Labute approximate surface area is 95.6 Å². The number of piperidine rings is 1. The minimum Gasteiger partial charge on any atom is -0.481 e. The first-order valence-corrected chi connectivity index (χ1v) is 6.25. The Bertz CT molecular complexity index is 299. The fourth-order valence-electron chi connectivity index (χ4n) is 3.58. The van der Waals surface area contributed by atoms with E-state index in [2.05, 4.69) is 4.90 Å². The van der Waals surface area contributed by atoms with Crippen LogP contribution in [0.4, 0.5) is 0 Å². The third-order valence-corrected chi connectivity index (χ3v) is 4.59. The fourth-order valence-corrected chi connectivity index (χ4v) is 3.58. The molecule has 3 fully saturated rings. The molecule has 1 aliphatic carbocycles. The molecule has 4 nitrogen and oxygen atoms in total. The van der Waals surface area contributed by atoms with Crippen LogP contribution >= 0.6 is 0 Å². The quantitative estimate of drug-likeness (QED) is 0.777. The van der Waals surface area contributed by atoms with Gasteiger partial charge in [-0.25, -0.2) is 0 Å². The number of carboxylic acids is 1. The molecular formula is C12H19NO3. The number of nitrogens with zero attached hydrogens (tertiary/aromatic N) is 1. The van der Waals surface area contributed by atoms with Gasteiger partial charge in [0.2, 0.25) is 0 Å². The zero-order valence-electron chi connectivity index (χ0n) is 9.52. The molecule has 2 aliphatic heterocycles. The number of rotatable bonds is 3. The average Bonchev–Trinajstić information content (AvgIpc) is 2.92. The Morgan fingerprint density at radius 2 is 2.38 bits per heavy atom. The standard InChI is InChI=1S/C12H19NO3/c14-11(15)12(3-4-16-8-12)7-13-6-9-1-2-10(13)5-9/h9-10H,1-8H2,(H,14,15). The van der Waals surface area contributed by atoms with Gasteiger partial charge in [-0.05, 0) is 31.6 Å². The second-order valence-corrected chi connectivity index (χ2v) is 5.65. The van der Waals surface area contributed by atoms with Crippen LogP contribution < -0.4 is 0 Å². The first-order valence-electron chi connectivity index (χ1n) is 6.25. The molecule has 90 valence electrons. The average molecular weight is 225 g/mol. The highest BCUT2D eigenvalue weighted by molar-refractivity contribution is 5.75. The predicted molar refractivity (Wildman–Crippen MR) is 58.2 cm³/mol. The minimum absolute atomic E-state index is 0.399. The molecule has 0 aromatic carbocycles. The van der Waals surface area contributed by atoms with Gasteiger partial charge in [0.05, 0.1) is 6.61 Å². The van der Waals surface area contributed by atoms with Gasteiger partial charge >= 0.3 is 5.97 Å². The topological polar surface area (TPSA) is 49.8 Å².